The molecule has 0 atom stereocenters. The minimum absolute atomic E-state index is 0.00780. The van der Waals surface area contributed by atoms with Crippen LogP contribution in [0.4, 0.5) is 4.39 Å². The third-order valence-corrected chi connectivity index (χ3v) is 2.10. The summed E-state index contributed by atoms with van der Waals surface area (Å²) in [5.41, 5.74) is 4.92. The number of benzene rings is 1. The maximum absolute atomic E-state index is 12.9. The number of carbonyl (C=O) groups excluding carboxylic acids is 2. The van der Waals surface area contributed by atoms with Crippen molar-refractivity contribution >= 4 is 11.9 Å². The largest absolute Gasteiger partial charge is 0.401 e. The van der Waals surface area contributed by atoms with E-state index in [0.717, 1.165) is 12.4 Å². The number of primary amides is 1. The summed E-state index contributed by atoms with van der Waals surface area (Å²) < 4.78 is 17.7. The molecule has 0 unspecified atom stereocenters. The van der Waals surface area contributed by atoms with Crippen molar-refractivity contribution in [2.75, 3.05) is 0 Å². The van der Waals surface area contributed by atoms with Crippen LogP contribution in [-0.4, -0.2) is 21.8 Å². The van der Waals surface area contributed by atoms with Crippen LogP contribution in [0.2, 0.25) is 0 Å². The fourth-order valence-electron chi connectivity index (χ4n) is 1.30. The summed E-state index contributed by atoms with van der Waals surface area (Å²) in [7, 11) is 0. The van der Waals surface area contributed by atoms with E-state index in [1.54, 1.807) is 0 Å². The number of nitrogens with one attached hydrogen (secondary N) is 1. The van der Waals surface area contributed by atoms with Gasteiger partial charge < -0.3 is 15.5 Å². The zero-order chi connectivity index (χ0) is 13.1. The van der Waals surface area contributed by atoms with Gasteiger partial charge in [0.15, 0.2) is 5.69 Å². The molecule has 2 aromatic rings. The van der Waals surface area contributed by atoms with Crippen molar-refractivity contribution in [3.05, 3.63) is 47.7 Å². The molecule has 7 heteroatoms. The van der Waals surface area contributed by atoms with E-state index in [1.807, 2.05) is 0 Å². The number of ether oxygens (including phenoxy) is 1. The Kier molecular flexibility index (Phi) is 3.05. The van der Waals surface area contributed by atoms with Crippen LogP contribution in [0.1, 0.15) is 20.8 Å². The number of esters is 1. The van der Waals surface area contributed by atoms with Gasteiger partial charge in [0, 0.05) is 0 Å². The summed E-state index contributed by atoms with van der Waals surface area (Å²) in [5.74, 6) is -2.45. The zero-order valence-electron chi connectivity index (χ0n) is 9.01. The molecular weight excluding hydrogens is 241 g/mol. The van der Waals surface area contributed by atoms with Crippen molar-refractivity contribution in [1.82, 2.24) is 9.97 Å². The third-order valence-electron chi connectivity index (χ3n) is 2.10. The summed E-state index contributed by atoms with van der Waals surface area (Å²) in [6.45, 7) is 0. The first-order valence-corrected chi connectivity index (χ1v) is 4.89. The number of nitrogens with two attached hydrogens (primary N) is 1. The number of nitrogens with zero attached hydrogens (tertiary/aromatic N) is 1. The van der Waals surface area contributed by atoms with Crippen LogP contribution < -0.4 is 10.5 Å². The first kappa shape index (κ1) is 11.8. The number of hydrogen-bond acceptors (Lipinski definition) is 4. The Morgan fingerprint density at radius 3 is 2.83 bits per heavy atom. The Labute approximate surface area is 101 Å². The molecule has 0 bridgehead atoms. The zero-order valence-corrected chi connectivity index (χ0v) is 9.01. The average Bonchev–Trinajstić information content (AvgIpc) is 2.77. The van der Waals surface area contributed by atoms with Crippen molar-refractivity contribution < 1.29 is 18.7 Å². The number of carbonyl (C=O) groups is 2. The number of aromatic nitrogens is 2. The normalized spacial score (nSPS) is 10.1. The molecule has 1 aromatic carbocycles. The smallest absolute Gasteiger partial charge is 0.345 e. The van der Waals surface area contributed by atoms with Gasteiger partial charge in [-0.2, -0.15) is 0 Å². The molecule has 0 fully saturated rings. The first-order valence-electron chi connectivity index (χ1n) is 4.89. The standard InChI is InChI=1S/C11H8FN3O3/c12-7-3-1-2-6(4-7)11(17)18-10-8(9(13)16)14-5-15-10/h1-5H,(H2,13,16)(H,14,15). The van der Waals surface area contributed by atoms with E-state index in [4.69, 9.17) is 10.5 Å². The average molecular weight is 249 g/mol. The van der Waals surface area contributed by atoms with Gasteiger partial charge in [0.1, 0.15) is 5.82 Å². The fourth-order valence-corrected chi connectivity index (χ4v) is 1.30. The van der Waals surface area contributed by atoms with E-state index in [-0.39, 0.29) is 17.1 Å². The van der Waals surface area contributed by atoms with Gasteiger partial charge in [0.2, 0.25) is 0 Å². The minimum Gasteiger partial charge on any atom is -0.401 e. The number of hydrogen-bond donors (Lipinski definition) is 2. The lowest BCUT2D eigenvalue weighted by Crippen LogP contribution is -2.16. The molecule has 2 rings (SSSR count). The van der Waals surface area contributed by atoms with E-state index < -0.39 is 17.7 Å². The monoisotopic (exact) mass is 249 g/mol. The Balaban J connectivity index is 2.21. The molecule has 1 amide bonds. The Hall–Kier alpha value is -2.70. The highest BCUT2D eigenvalue weighted by Crippen LogP contribution is 2.14. The van der Waals surface area contributed by atoms with E-state index in [2.05, 4.69) is 9.97 Å². The quantitative estimate of drug-likeness (QED) is 0.788. The third kappa shape index (κ3) is 2.34. The summed E-state index contributed by atoms with van der Waals surface area (Å²) in [5, 5.41) is 0. The van der Waals surface area contributed by atoms with Gasteiger partial charge in [0.25, 0.3) is 11.8 Å². The van der Waals surface area contributed by atoms with E-state index in [1.165, 1.54) is 18.2 Å². The molecule has 6 nitrogen and oxygen atoms in total. The van der Waals surface area contributed by atoms with Crippen molar-refractivity contribution in [3.8, 4) is 5.88 Å². The molecule has 0 aliphatic carbocycles. The van der Waals surface area contributed by atoms with Crippen molar-refractivity contribution in [3.63, 3.8) is 0 Å². The molecule has 92 valence electrons. The lowest BCUT2D eigenvalue weighted by atomic mass is 10.2. The van der Waals surface area contributed by atoms with Gasteiger partial charge in [-0.05, 0) is 18.2 Å². The second-order valence-electron chi connectivity index (χ2n) is 3.35. The number of rotatable bonds is 3. The minimum atomic E-state index is -0.830. The molecule has 0 aliphatic rings. The topological polar surface area (TPSA) is 98.1 Å². The van der Waals surface area contributed by atoms with Gasteiger partial charge in [-0.25, -0.2) is 14.2 Å². The lowest BCUT2D eigenvalue weighted by molar-refractivity contribution is 0.0725. The van der Waals surface area contributed by atoms with Crippen molar-refractivity contribution in [1.29, 1.82) is 0 Å². The second kappa shape index (κ2) is 4.66. The molecule has 0 saturated heterocycles. The molecule has 0 radical (unpaired) electrons. The number of imidazole rings is 1. The maximum Gasteiger partial charge on any atom is 0.345 e. The number of H-pyrrole nitrogens is 1. The Bertz CT molecular complexity index is 609. The van der Waals surface area contributed by atoms with Crippen molar-refractivity contribution in [2.45, 2.75) is 0 Å². The maximum atomic E-state index is 12.9. The van der Waals surface area contributed by atoms with Crippen LogP contribution in [0.25, 0.3) is 0 Å². The molecule has 3 N–H and O–H groups in total. The summed E-state index contributed by atoms with van der Waals surface area (Å²) in [6.07, 6.45) is 1.16. The molecule has 1 aromatic heterocycles. The lowest BCUT2D eigenvalue weighted by Gasteiger charge is -2.02. The van der Waals surface area contributed by atoms with Gasteiger partial charge in [-0.15, -0.1) is 0 Å². The molecule has 0 spiro atoms. The highest BCUT2D eigenvalue weighted by molar-refractivity contribution is 5.96. The predicted molar refractivity (Wildman–Crippen MR) is 58.5 cm³/mol. The molecule has 0 aliphatic heterocycles. The van der Waals surface area contributed by atoms with Crippen LogP contribution in [0, 0.1) is 5.82 Å². The fraction of sp³-hybridized carbons (Fsp3) is 0. The number of aromatic amines is 1. The van der Waals surface area contributed by atoms with E-state index in [0.29, 0.717) is 0 Å². The van der Waals surface area contributed by atoms with Gasteiger partial charge in [0.05, 0.1) is 11.9 Å². The van der Waals surface area contributed by atoms with Crippen LogP contribution in [0.15, 0.2) is 30.6 Å². The summed E-state index contributed by atoms with van der Waals surface area (Å²) in [6, 6.07) is 4.95. The van der Waals surface area contributed by atoms with E-state index >= 15 is 0 Å². The number of amides is 1. The predicted octanol–water partition coefficient (Wildman–Crippen LogP) is 0.867. The van der Waals surface area contributed by atoms with E-state index in [9.17, 15) is 14.0 Å². The van der Waals surface area contributed by atoms with Crippen LogP contribution in [0.5, 0.6) is 5.88 Å². The summed E-state index contributed by atoms with van der Waals surface area (Å²) >= 11 is 0. The highest BCUT2D eigenvalue weighted by atomic mass is 19.1. The first-order chi connectivity index (χ1) is 8.58. The Morgan fingerprint density at radius 1 is 1.39 bits per heavy atom. The molecule has 1 heterocycles. The number of halogens is 1. The van der Waals surface area contributed by atoms with Crippen LogP contribution in [0.3, 0.4) is 0 Å². The second-order valence-corrected chi connectivity index (χ2v) is 3.35. The molecule has 18 heavy (non-hydrogen) atoms. The Morgan fingerprint density at radius 2 is 2.17 bits per heavy atom. The SMILES string of the molecule is NC(=O)c1[nH]cnc1OC(=O)c1cccc(F)c1. The van der Waals surface area contributed by atoms with Gasteiger partial charge in [-0.1, -0.05) is 6.07 Å². The van der Waals surface area contributed by atoms with Gasteiger partial charge >= 0.3 is 5.97 Å². The highest BCUT2D eigenvalue weighted by Gasteiger charge is 2.17. The molecular formula is C11H8FN3O3. The van der Waals surface area contributed by atoms with Gasteiger partial charge in [-0.3, -0.25) is 4.79 Å². The molecule has 0 saturated carbocycles. The van der Waals surface area contributed by atoms with Crippen LogP contribution in [-0.2, 0) is 0 Å². The van der Waals surface area contributed by atoms with Crippen LogP contribution >= 0.6 is 0 Å². The van der Waals surface area contributed by atoms with Crippen molar-refractivity contribution in [2.24, 2.45) is 5.73 Å². The summed E-state index contributed by atoms with van der Waals surface area (Å²) in [4.78, 5) is 28.7.